The van der Waals surface area contributed by atoms with Gasteiger partial charge < -0.3 is 5.32 Å². The van der Waals surface area contributed by atoms with E-state index in [1.165, 1.54) is 36.2 Å². The molecule has 0 radical (unpaired) electrons. The molecule has 0 atom stereocenters. The largest absolute Gasteiger partial charge is 0.353 e. The third-order valence-corrected chi connectivity index (χ3v) is 6.17. The lowest BCUT2D eigenvalue weighted by molar-refractivity contribution is -0.127. The lowest BCUT2D eigenvalue weighted by atomic mass is 9.96. The van der Waals surface area contributed by atoms with Crippen LogP contribution in [0.15, 0.2) is 0 Å². The Bertz CT molecular complexity index is 463. The number of nitrogens with zero attached hydrogens (tertiary/aromatic N) is 1. The van der Waals surface area contributed by atoms with Gasteiger partial charge in [-0.15, -0.1) is 0 Å². The van der Waals surface area contributed by atoms with Crippen LogP contribution in [-0.2, 0) is 14.8 Å². The predicted octanol–water partition coefficient (Wildman–Crippen LogP) is 0.963. The summed E-state index contributed by atoms with van der Waals surface area (Å²) >= 11 is 0. The fourth-order valence-electron chi connectivity index (χ4n) is 3.26. The summed E-state index contributed by atoms with van der Waals surface area (Å²) in [7, 11) is -3.10. The molecule has 20 heavy (non-hydrogen) atoms. The minimum Gasteiger partial charge on any atom is -0.353 e. The Hall–Kier alpha value is -0.620. The molecule has 114 valence electrons. The van der Waals surface area contributed by atoms with Gasteiger partial charge in [-0.05, 0) is 50.4 Å². The topological polar surface area (TPSA) is 66.5 Å². The van der Waals surface area contributed by atoms with Crippen molar-refractivity contribution in [2.45, 2.75) is 44.6 Å². The first-order chi connectivity index (χ1) is 9.45. The van der Waals surface area contributed by atoms with Gasteiger partial charge in [-0.3, -0.25) is 4.79 Å². The zero-order valence-corrected chi connectivity index (χ0v) is 12.9. The second-order valence-corrected chi connectivity index (χ2v) is 8.63. The molecule has 1 amide bonds. The number of sulfonamides is 1. The minimum atomic E-state index is -3.10. The highest BCUT2D eigenvalue weighted by molar-refractivity contribution is 7.88. The van der Waals surface area contributed by atoms with Crippen molar-refractivity contribution >= 4 is 15.9 Å². The lowest BCUT2D eigenvalue weighted by Gasteiger charge is -2.30. The number of amides is 1. The molecular formula is C14H24N2O3S. The molecule has 3 rings (SSSR count). The summed E-state index contributed by atoms with van der Waals surface area (Å²) in [5, 5.41) is 3.26. The highest BCUT2D eigenvalue weighted by atomic mass is 32.2. The van der Waals surface area contributed by atoms with Crippen molar-refractivity contribution in [3.05, 3.63) is 0 Å². The van der Waals surface area contributed by atoms with Crippen molar-refractivity contribution in [3.63, 3.8) is 0 Å². The van der Waals surface area contributed by atoms with Gasteiger partial charge in [0.1, 0.15) is 0 Å². The van der Waals surface area contributed by atoms with E-state index >= 15 is 0 Å². The number of piperidine rings is 1. The van der Waals surface area contributed by atoms with Crippen LogP contribution in [0.1, 0.15) is 38.5 Å². The van der Waals surface area contributed by atoms with E-state index in [-0.39, 0.29) is 11.8 Å². The minimum absolute atomic E-state index is 0.00648. The van der Waals surface area contributed by atoms with Crippen LogP contribution < -0.4 is 5.32 Å². The SMILES string of the molecule is CS(=O)(=O)N1CCC(C(=O)NC(C2CC2)C2CC2)CC1. The molecule has 0 unspecified atom stereocenters. The second kappa shape index (κ2) is 5.30. The van der Waals surface area contributed by atoms with E-state index < -0.39 is 10.0 Å². The van der Waals surface area contributed by atoms with Gasteiger partial charge in [0.05, 0.1) is 6.26 Å². The number of carbonyl (C=O) groups is 1. The van der Waals surface area contributed by atoms with Crippen LogP contribution in [0.3, 0.4) is 0 Å². The fraction of sp³-hybridized carbons (Fsp3) is 0.929. The molecule has 1 saturated heterocycles. The van der Waals surface area contributed by atoms with Crippen LogP contribution >= 0.6 is 0 Å². The molecule has 0 spiro atoms. The van der Waals surface area contributed by atoms with Crippen LogP contribution in [0.2, 0.25) is 0 Å². The number of carbonyl (C=O) groups excluding carboxylic acids is 1. The van der Waals surface area contributed by atoms with Crippen LogP contribution in [0, 0.1) is 17.8 Å². The standard InChI is InChI=1S/C14H24N2O3S/c1-20(18,19)16-8-6-12(7-9-16)14(17)15-13(10-2-3-10)11-4-5-11/h10-13H,2-9H2,1H3,(H,15,17). The molecule has 3 aliphatic rings. The maximum Gasteiger partial charge on any atom is 0.223 e. The first-order valence-corrected chi connectivity index (χ1v) is 9.55. The van der Waals surface area contributed by atoms with Gasteiger partial charge in [-0.1, -0.05) is 0 Å². The van der Waals surface area contributed by atoms with E-state index in [4.69, 9.17) is 0 Å². The van der Waals surface area contributed by atoms with Gasteiger partial charge in [0.15, 0.2) is 0 Å². The summed E-state index contributed by atoms with van der Waals surface area (Å²) in [6, 6.07) is 0.399. The van der Waals surface area contributed by atoms with Crippen LogP contribution in [0.4, 0.5) is 0 Å². The molecule has 0 aromatic carbocycles. The van der Waals surface area contributed by atoms with Gasteiger partial charge >= 0.3 is 0 Å². The summed E-state index contributed by atoms with van der Waals surface area (Å²) in [5.74, 6) is 1.57. The molecule has 6 heteroatoms. The number of hydrogen-bond donors (Lipinski definition) is 1. The Morgan fingerprint density at radius 2 is 1.55 bits per heavy atom. The van der Waals surface area contributed by atoms with Crippen molar-refractivity contribution in [3.8, 4) is 0 Å². The Kier molecular flexibility index (Phi) is 3.79. The first-order valence-electron chi connectivity index (χ1n) is 7.70. The average Bonchev–Trinajstić information content (AvgIpc) is 3.28. The molecule has 1 aliphatic heterocycles. The molecule has 2 saturated carbocycles. The van der Waals surface area contributed by atoms with Gasteiger partial charge in [-0.25, -0.2) is 12.7 Å². The zero-order valence-electron chi connectivity index (χ0n) is 12.0. The Morgan fingerprint density at radius 3 is 1.95 bits per heavy atom. The maximum absolute atomic E-state index is 12.4. The third kappa shape index (κ3) is 3.34. The molecule has 5 nitrogen and oxygen atoms in total. The summed E-state index contributed by atoms with van der Waals surface area (Å²) < 4.78 is 24.4. The van der Waals surface area contributed by atoms with E-state index in [1.807, 2.05) is 0 Å². The highest BCUT2D eigenvalue weighted by Crippen LogP contribution is 2.44. The van der Waals surface area contributed by atoms with E-state index in [1.54, 1.807) is 0 Å². The van der Waals surface area contributed by atoms with Crippen molar-refractivity contribution in [2.75, 3.05) is 19.3 Å². The van der Waals surface area contributed by atoms with E-state index in [0.29, 0.717) is 43.8 Å². The Balaban J connectivity index is 1.51. The van der Waals surface area contributed by atoms with Crippen LogP contribution in [-0.4, -0.2) is 44.0 Å². The summed E-state index contributed by atoms with van der Waals surface area (Å²) in [5.41, 5.74) is 0. The smallest absolute Gasteiger partial charge is 0.223 e. The lowest BCUT2D eigenvalue weighted by Crippen LogP contribution is -2.46. The van der Waals surface area contributed by atoms with E-state index in [0.717, 1.165) is 0 Å². The van der Waals surface area contributed by atoms with Crippen molar-refractivity contribution in [1.29, 1.82) is 0 Å². The van der Waals surface area contributed by atoms with E-state index in [2.05, 4.69) is 5.32 Å². The monoisotopic (exact) mass is 300 g/mol. The van der Waals surface area contributed by atoms with Gasteiger partial charge in [-0.2, -0.15) is 0 Å². The van der Waals surface area contributed by atoms with E-state index in [9.17, 15) is 13.2 Å². The van der Waals surface area contributed by atoms with Crippen LogP contribution in [0.25, 0.3) is 0 Å². The number of hydrogen-bond acceptors (Lipinski definition) is 3. The highest BCUT2D eigenvalue weighted by Gasteiger charge is 2.43. The zero-order chi connectivity index (χ0) is 14.3. The molecule has 0 aromatic rings. The number of nitrogens with one attached hydrogen (secondary N) is 1. The van der Waals surface area contributed by atoms with Gasteiger partial charge in [0.25, 0.3) is 0 Å². The molecule has 2 aliphatic carbocycles. The first kappa shape index (κ1) is 14.3. The van der Waals surface area contributed by atoms with Crippen molar-refractivity contribution in [2.24, 2.45) is 17.8 Å². The molecule has 0 bridgehead atoms. The van der Waals surface area contributed by atoms with Gasteiger partial charge in [0.2, 0.25) is 15.9 Å². The predicted molar refractivity (Wildman–Crippen MR) is 76.5 cm³/mol. The summed E-state index contributed by atoms with van der Waals surface area (Å²) in [6.07, 6.45) is 7.58. The fourth-order valence-corrected chi connectivity index (χ4v) is 4.14. The summed E-state index contributed by atoms with van der Waals surface area (Å²) in [4.78, 5) is 12.4. The average molecular weight is 300 g/mol. The number of rotatable bonds is 5. The third-order valence-electron chi connectivity index (χ3n) is 4.86. The Morgan fingerprint density at radius 1 is 1.05 bits per heavy atom. The molecule has 3 fully saturated rings. The molecule has 0 aromatic heterocycles. The Labute approximate surface area is 121 Å². The van der Waals surface area contributed by atoms with Crippen LogP contribution in [0.5, 0.6) is 0 Å². The molecule has 1 heterocycles. The van der Waals surface area contributed by atoms with Gasteiger partial charge in [0, 0.05) is 25.0 Å². The summed E-state index contributed by atoms with van der Waals surface area (Å²) in [6.45, 7) is 0.961. The second-order valence-electron chi connectivity index (χ2n) is 6.65. The van der Waals surface area contributed by atoms with Crippen molar-refractivity contribution < 1.29 is 13.2 Å². The normalized spacial score (nSPS) is 25.9. The van der Waals surface area contributed by atoms with Crippen molar-refractivity contribution in [1.82, 2.24) is 9.62 Å². The molecule has 1 N–H and O–H groups in total. The maximum atomic E-state index is 12.4. The molecular weight excluding hydrogens is 276 g/mol. The quantitative estimate of drug-likeness (QED) is 0.822.